The van der Waals surface area contributed by atoms with Crippen LogP contribution in [0.1, 0.15) is 25.6 Å². The number of hydrogen-bond acceptors (Lipinski definition) is 5. The van der Waals surface area contributed by atoms with E-state index in [2.05, 4.69) is 27.4 Å². The molecule has 2 rings (SSSR count). The molecule has 2 aromatic heterocycles. The van der Waals surface area contributed by atoms with Gasteiger partial charge in [-0.05, 0) is 13.3 Å². The van der Waals surface area contributed by atoms with Crippen LogP contribution in [0.15, 0.2) is 10.9 Å². The van der Waals surface area contributed by atoms with Crippen LogP contribution in [0.5, 0.6) is 0 Å². The van der Waals surface area contributed by atoms with Gasteiger partial charge in [0, 0.05) is 13.2 Å². The van der Waals surface area contributed by atoms with E-state index in [4.69, 9.17) is 4.74 Å². The van der Waals surface area contributed by atoms with Crippen LogP contribution in [0.3, 0.4) is 0 Å². The zero-order chi connectivity index (χ0) is 13.8. The molecule has 0 saturated heterocycles. The number of fused-ring (bicyclic) bond motifs is 1. The Balaban J connectivity index is 2.27. The summed E-state index contributed by atoms with van der Waals surface area (Å²) in [4.78, 5) is 15.9. The molecule has 7 heteroatoms. The lowest BCUT2D eigenvalue weighted by Gasteiger charge is -2.18. The molecule has 0 bridgehead atoms. The Morgan fingerprint density at radius 1 is 1.58 bits per heavy atom. The van der Waals surface area contributed by atoms with Gasteiger partial charge in [0.1, 0.15) is 11.6 Å². The largest absolute Gasteiger partial charge is 0.383 e. The van der Waals surface area contributed by atoms with E-state index in [1.807, 2.05) is 0 Å². The standard InChI is InChI=1S/C12H19N5O2/c1-4-5-9(7-19-3)14-10-6-11-15-16-12(18)17(11)8(2)13-10/h6,9,14H,4-5,7H2,1-3H3,(H,16,18). The fourth-order valence-corrected chi connectivity index (χ4v) is 2.13. The van der Waals surface area contributed by atoms with Gasteiger partial charge in [-0.15, -0.1) is 0 Å². The van der Waals surface area contributed by atoms with Crippen LogP contribution in [0.25, 0.3) is 5.65 Å². The van der Waals surface area contributed by atoms with Crippen molar-refractivity contribution < 1.29 is 4.74 Å². The van der Waals surface area contributed by atoms with Crippen LogP contribution in [0.2, 0.25) is 0 Å². The van der Waals surface area contributed by atoms with Gasteiger partial charge in [0.2, 0.25) is 0 Å². The summed E-state index contributed by atoms with van der Waals surface area (Å²) in [6.07, 6.45) is 2.05. The van der Waals surface area contributed by atoms with Crippen molar-refractivity contribution in [1.29, 1.82) is 0 Å². The highest BCUT2D eigenvalue weighted by atomic mass is 16.5. The molecule has 2 heterocycles. The quantitative estimate of drug-likeness (QED) is 0.812. The SMILES string of the molecule is CCCC(COC)Nc1cc2n[nH]c(=O)n2c(C)n1. The molecule has 0 aliphatic rings. The molecule has 0 spiro atoms. The van der Waals surface area contributed by atoms with Crippen LogP contribution in [-0.2, 0) is 4.74 Å². The Kier molecular flexibility index (Phi) is 4.16. The second-order valence-electron chi connectivity index (χ2n) is 4.50. The number of methoxy groups -OCH3 is 1. The molecule has 0 saturated carbocycles. The summed E-state index contributed by atoms with van der Waals surface area (Å²) in [6.45, 7) is 4.52. The first kappa shape index (κ1) is 13.5. The van der Waals surface area contributed by atoms with Crippen molar-refractivity contribution in [3.8, 4) is 0 Å². The molecule has 0 fully saturated rings. The van der Waals surface area contributed by atoms with Crippen LogP contribution in [-0.4, -0.2) is 39.3 Å². The van der Waals surface area contributed by atoms with Crippen LogP contribution >= 0.6 is 0 Å². The second kappa shape index (κ2) is 5.83. The minimum absolute atomic E-state index is 0.204. The van der Waals surface area contributed by atoms with Crippen molar-refractivity contribution in [2.24, 2.45) is 0 Å². The van der Waals surface area contributed by atoms with Crippen LogP contribution in [0.4, 0.5) is 5.82 Å². The van der Waals surface area contributed by atoms with Gasteiger partial charge < -0.3 is 10.1 Å². The molecular weight excluding hydrogens is 246 g/mol. The molecule has 0 aliphatic heterocycles. The average Bonchev–Trinajstić information content (AvgIpc) is 2.72. The second-order valence-corrected chi connectivity index (χ2v) is 4.50. The maximum absolute atomic E-state index is 11.5. The number of aromatic nitrogens is 4. The highest BCUT2D eigenvalue weighted by Crippen LogP contribution is 2.11. The van der Waals surface area contributed by atoms with E-state index in [1.54, 1.807) is 20.1 Å². The zero-order valence-electron chi connectivity index (χ0n) is 11.4. The summed E-state index contributed by atoms with van der Waals surface area (Å²) in [6, 6.07) is 1.96. The van der Waals surface area contributed by atoms with Gasteiger partial charge in [-0.1, -0.05) is 13.3 Å². The van der Waals surface area contributed by atoms with Crippen LogP contribution in [0, 0.1) is 6.92 Å². The third-order valence-corrected chi connectivity index (χ3v) is 2.93. The summed E-state index contributed by atoms with van der Waals surface area (Å²) >= 11 is 0. The molecule has 2 N–H and O–H groups in total. The maximum atomic E-state index is 11.5. The van der Waals surface area contributed by atoms with Gasteiger partial charge >= 0.3 is 5.69 Å². The third-order valence-electron chi connectivity index (χ3n) is 2.93. The summed E-state index contributed by atoms with van der Waals surface area (Å²) in [5.74, 6) is 1.31. The number of rotatable bonds is 6. The first-order valence-corrected chi connectivity index (χ1v) is 6.36. The van der Waals surface area contributed by atoms with Crippen molar-refractivity contribution >= 4 is 11.5 Å². The minimum Gasteiger partial charge on any atom is -0.383 e. The molecule has 19 heavy (non-hydrogen) atoms. The van der Waals surface area contributed by atoms with Gasteiger partial charge in [0.25, 0.3) is 0 Å². The first-order chi connectivity index (χ1) is 9.15. The summed E-state index contributed by atoms with van der Waals surface area (Å²) in [5.41, 5.74) is 0.293. The highest BCUT2D eigenvalue weighted by Gasteiger charge is 2.11. The number of H-pyrrole nitrogens is 1. The third kappa shape index (κ3) is 2.93. The molecule has 104 valence electrons. The summed E-state index contributed by atoms with van der Waals surface area (Å²) < 4.78 is 6.62. The van der Waals surface area contributed by atoms with E-state index >= 15 is 0 Å². The Labute approximate surface area is 111 Å². The van der Waals surface area contributed by atoms with Crippen molar-refractivity contribution in [2.75, 3.05) is 19.0 Å². The maximum Gasteiger partial charge on any atom is 0.349 e. The topological polar surface area (TPSA) is 84.3 Å². The number of anilines is 1. The molecule has 2 aromatic rings. The molecule has 0 aromatic carbocycles. The number of ether oxygens (including phenoxy) is 1. The van der Waals surface area contributed by atoms with Gasteiger partial charge in [-0.25, -0.2) is 19.3 Å². The van der Waals surface area contributed by atoms with Crippen molar-refractivity contribution in [1.82, 2.24) is 19.6 Å². The van der Waals surface area contributed by atoms with E-state index in [0.29, 0.717) is 23.9 Å². The molecule has 7 nitrogen and oxygen atoms in total. The predicted octanol–water partition coefficient (Wildman–Crippen LogP) is 0.953. The van der Waals surface area contributed by atoms with Crippen molar-refractivity contribution in [3.05, 3.63) is 22.4 Å². The van der Waals surface area contributed by atoms with Gasteiger partial charge in [0.15, 0.2) is 5.65 Å². The molecule has 0 amide bonds. The summed E-state index contributed by atoms with van der Waals surface area (Å²) in [5, 5.41) is 9.68. The van der Waals surface area contributed by atoms with Crippen molar-refractivity contribution in [2.45, 2.75) is 32.7 Å². The van der Waals surface area contributed by atoms with Crippen LogP contribution < -0.4 is 11.0 Å². The summed E-state index contributed by atoms with van der Waals surface area (Å²) in [7, 11) is 1.68. The van der Waals surface area contributed by atoms with E-state index in [1.165, 1.54) is 4.40 Å². The van der Waals surface area contributed by atoms with Gasteiger partial charge in [-0.2, -0.15) is 5.10 Å². The highest BCUT2D eigenvalue weighted by molar-refractivity contribution is 5.50. The monoisotopic (exact) mass is 265 g/mol. The molecule has 1 atom stereocenters. The average molecular weight is 265 g/mol. The zero-order valence-corrected chi connectivity index (χ0v) is 11.4. The van der Waals surface area contributed by atoms with E-state index in [9.17, 15) is 4.79 Å². The Morgan fingerprint density at radius 3 is 3.05 bits per heavy atom. The number of nitrogens with zero attached hydrogens (tertiary/aromatic N) is 3. The predicted molar refractivity (Wildman–Crippen MR) is 72.5 cm³/mol. The molecular formula is C12H19N5O2. The van der Waals surface area contributed by atoms with Crippen molar-refractivity contribution in [3.63, 3.8) is 0 Å². The number of aromatic amines is 1. The minimum atomic E-state index is -0.270. The normalized spacial score (nSPS) is 12.8. The van der Waals surface area contributed by atoms with Gasteiger partial charge in [0.05, 0.1) is 12.6 Å². The Bertz CT molecular complexity index is 598. The number of nitrogens with one attached hydrogen (secondary N) is 2. The lowest BCUT2D eigenvalue weighted by atomic mass is 10.2. The van der Waals surface area contributed by atoms with E-state index in [0.717, 1.165) is 12.8 Å². The first-order valence-electron chi connectivity index (χ1n) is 6.36. The number of aryl methyl sites for hydroxylation is 1. The molecule has 1 unspecified atom stereocenters. The Morgan fingerprint density at radius 2 is 2.37 bits per heavy atom. The smallest absolute Gasteiger partial charge is 0.349 e. The van der Waals surface area contributed by atoms with Gasteiger partial charge in [-0.3, -0.25) is 0 Å². The number of hydrogen-bond donors (Lipinski definition) is 2. The van der Waals surface area contributed by atoms with E-state index in [-0.39, 0.29) is 11.7 Å². The fourth-order valence-electron chi connectivity index (χ4n) is 2.13. The van der Waals surface area contributed by atoms with E-state index < -0.39 is 0 Å². The lowest BCUT2D eigenvalue weighted by Crippen LogP contribution is -2.25. The fraction of sp³-hybridized carbons (Fsp3) is 0.583. The lowest BCUT2D eigenvalue weighted by molar-refractivity contribution is 0.182. The Hall–Kier alpha value is -1.89. The molecule has 0 radical (unpaired) electrons. The molecule has 0 aliphatic carbocycles.